The zero-order valence-electron chi connectivity index (χ0n) is 15.4. The van der Waals surface area contributed by atoms with Gasteiger partial charge in [0.05, 0.1) is 23.6 Å². The Labute approximate surface area is 161 Å². The molecule has 28 heavy (non-hydrogen) atoms. The van der Waals surface area contributed by atoms with E-state index in [0.717, 1.165) is 43.2 Å². The number of H-pyrrole nitrogens is 2. The maximum absolute atomic E-state index is 4.91. The van der Waals surface area contributed by atoms with Crippen LogP contribution in [0.5, 0.6) is 0 Å². The Balaban J connectivity index is 1.39. The van der Waals surface area contributed by atoms with Crippen molar-refractivity contribution >= 4 is 27.8 Å². The highest BCUT2D eigenvalue weighted by atomic mass is 15.2. The highest BCUT2D eigenvalue weighted by Crippen LogP contribution is 2.28. The second-order valence-corrected chi connectivity index (χ2v) is 7.34. The van der Waals surface area contributed by atoms with Crippen molar-refractivity contribution in [1.82, 2.24) is 24.5 Å². The number of hydrogen-bond acceptors (Lipinski definition) is 3. The highest BCUT2D eigenvalue weighted by molar-refractivity contribution is 5.88. The summed E-state index contributed by atoms with van der Waals surface area (Å²) >= 11 is 0. The van der Waals surface area contributed by atoms with Gasteiger partial charge in [0.25, 0.3) is 0 Å². The van der Waals surface area contributed by atoms with Gasteiger partial charge in [0.1, 0.15) is 11.6 Å². The number of imidazole rings is 2. The van der Waals surface area contributed by atoms with Crippen molar-refractivity contribution in [2.75, 3.05) is 18.0 Å². The lowest BCUT2D eigenvalue weighted by atomic mass is 10.0. The number of nitrogens with zero attached hydrogens (tertiary/aromatic N) is 4. The summed E-state index contributed by atoms with van der Waals surface area (Å²) in [7, 11) is 0. The van der Waals surface area contributed by atoms with Gasteiger partial charge >= 0.3 is 0 Å². The summed E-state index contributed by atoms with van der Waals surface area (Å²) in [5, 5.41) is 1.24. The molecule has 4 heterocycles. The van der Waals surface area contributed by atoms with Crippen molar-refractivity contribution in [2.24, 2.45) is 0 Å². The number of benzene rings is 2. The molecule has 0 saturated heterocycles. The number of nitrogens with one attached hydrogen (secondary N) is 2. The second kappa shape index (κ2) is 5.99. The SMILES string of the molecule is c1ncc(N2CCc3nc4ccc(-c5ccc6[nH]ccc6c5)cc4n3CC2)[nH]1. The molecule has 1 aliphatic rings. The topological polar surface area (TPSA) is 65.5 Å². The lowest BCUT2D eigenvalue weighted by molar-refractivity contribution is 0.703. The molecule has 1 aliphatic heterocycles. The van der Waals surface area contributed by atoms with Crippen LogP contribution in [-0.4, -0.2) is 37.6 Å². The van der Waals surface area contributed by atoms with Gasteiger partial charge < -0.3 is 19.4 Å². The van der Waals surface area contributed by atoms with Crippen LogP contribution < -0.4 is 4.90 Å². The Morgan fingerprint density at radius 2 is 1.82 bits per heavy atom. The van der Waals surface area contributed by atoms with Crippen LogP contribution in [-0.2, 0) is 13.0 Å². The molecule has 0 amide bonds. The zero-order chi connectivity index (χ0) is 18.5. The maximum atomic E-state index is 4.91. The lowest BCUT2D eigenvalue weighted by Gasteiger charge is -2.19. The van der Waals surface area contributed by atoms with Crippen LogP contribution in [0.15, 0.2) is 61.2 Å². The van der Waals surface area contributed by atoms with Crippen LogP contribution in [0, 0.1) is 0 Å². The molecule has 5 aromatic rings. The standard InChI is InChI=1S/C22H20N6/c1-3-18-17(5-7-24-18)11-15(1)16-2-4-19-20(12-16)28-10-9-27(8-6-21(28)26-19)22-13-23-14-25-22/h1-5,7,11-14,24H,6,8-10H2,(H,23,25). The minimum Gasteiger partial charge on any atom is -0.361 e. The van der Waals surface area contributed by atoms with Gasteiger partial charge in [-0.05, 0) is 46.8 Å². The smallest absolute Gasteiger partial charge is 0.125 e. The third kappa shape index (κ3) is 2.41. The number of rotatable bonds is 2. The molecule has 0 aliphatic carbocycles. The van der Waals surface area contributed by atoms with Gasteiger partial charge in [0, 0.05) is 37.8 Å². The van der Waals surface area contributed by atoms with Crippen molar-refractivity contribution in [3.63, 3.8) is 0 Å². The van der Waals surface area contributed by atoms with E-state index in [1.807, 2.05) is 12.4 Å². The lowest BCUT2D eigenvalue weighted by Crippen LogP contribution is -2.26. The molecule has 2 aromatic carbocycles. The third-order valence-corrected chi connectivity index (χ3v) is 5.74. The number of fused-ring (bicyclic) bond motifs is 4. The van der Waals surface area contributed by atoms with E-state index in [1.54, 1.807) is 6.33 Å². The van der Waals surface area contributed by atoms with Crippen molar-refractivity contribution in [3.8, 4) is 11.1 Å². The van der Waals surface area contributed by atoms with Crippen molar-refractivity contribution in [3.05, 3.63) is 67.0 Å². The monoisotopic (exact) mass is 368 g/mol. The molecule has 2 N–H and O–H groups in total. The summed E-state index contributed by atoms with van der Waals surface area (Å²) in [6, 6.07) is 15.3. The average molecular weight is 368 g/mol. The molecule has 0 bridgehead atoms. The first-order chi connectivity index (χ1) is 13.8. The number of hydrogen-bond donors (Lipinski definition) is 2. The van der Waals surface area contributed by atoms with E-state index in [2.05, 4.69) is 66.9 Å². The molecule has 3 aromatic heterocycles. The van der Waals surface area contributed by atoms with Crippen LogP contribution >= 0.6 is 0 Å². The van der Waals surface area contributed by atoms with Crippen LogP contribution in [0.1, 0.15) is 5.82 Å². The summed E-state index contributed by atoms with van der Waals surface area (Å²) in [5.74, 6) is 2.24. The molecule has 0 unspecified atom stereocenters. The molecular weight excluding hydrogens is 348 g/mol. The molecule has 138 valence electrons. The van der Waals surface area contributed by atoms with Gasteiger partial charge in [0.15, 0.2) is 0 Å². The van der Waals surface area contributed by atoms with E-state index in [4.69, 9.17) is 4.98 Å². The minimum atomic E-state index is 0.922. The molecule has 0 atom stereocenters. The Kier molecular flexibility index (Phi) is 3.32. The summed E-state index contributed by atoms with van der Waals surface area (Å²) in [6.45, 7) is 2.81. The maximum Gasteiger partial charge on any atom is 0.125 e. The Hall–Kier alpha value is -3.54. The van der Waals surface area contributed by atoms with Gasteiger partial charge in [-0.2, -0.15) is 0 Å². The van der Waals surface area contributed by atoms with Crippen molar-refractivity contribution in [1.29, 1.82) is 0 Å². The van der Waals surface area contributed by atoms with Crippen LogP contribution in [0.4, 0.5) is 5.82 Å². The van der Waals surface area contributed by atoms with E-state index in [0.29, 0.717) is 0 Å². The predicted octanol–water partition coefficient (Wildman–Crippen LogP) is 3.97. The first-order valence-electron chi connectivity index (χ1n) is 9.65. The summed E-state index contributed by atoms with van der Waals surface area (Å²) in [5.41, 5.74) is 5.93. The van der Waals surface area contributed by atoms with Crippen LogP contribution in [0.3, 0.4) is 0 Å². The molecule has 0 saturated carbocycles. The van der Waals surface area contributed by atoms with Crippen LogP contribution in [0.25, 0.3) is 33.1 Å². The number of aromatic amines is 2. The number of aromatic nitrogens is 5. The van der Waals surface area contributed by atoms with Crippen molar-refractivity contribution in [2.45, 2.75) is 13.0 Å². The van der Waals surface area contributed by atoms with E-state index < -0.39 is 0 Å². The van der Waals surface area contributed by atoms with Crippen LogP contribution in [0.2, 0.25) is 0 Å². The van der Waals surface area contributed by atoms with E-state index in [9.17, 15) is 0 Å². The van der Waals surface area contributed by atoms with Gasteiger partial charge in [-0.3, -0.25) is 0 Å². The highest BCUT2D eigenvalue weighted by Gasteiger charge is 2.19. The second-order valence-electron chi connectivity index (χ2n) is 7.34. The van der Waals surface area contributed by atoms with Gasteiger partial charge in [-0.1, -0.05) is 12.1 Å². The largest absolute Gasteiger partial charge is 0.361 e. The zero-order valence-corrected chi connectivity index (χ0v) is 15.4. The Bertz CT molecular complexity index is 1280. The number of anilines is 1. The van der Waals surface area contributed by atoms with Gasteiger partial charge in [0.2, 0.25) is 0 Å². The van der Waals surface area contributed by atoms with E-state index in [-0.39, 0.29) is 0 Å². The average Bonchev–Trinajstić information content (AvgIpc) is 3.45. The predicted molar refractivity (Wildman–Crippen MR) is 112 cm³/mol. The molecular formula is C22H20N6. The normalized spacial score (nSPS) is 14.5. The van der Waals surface area contributed by atoms with Gasteiger partial charge in [-0.15, -0.1) is 0 Å². The molecule has 6 rings (SSSR count). The van der Waals surface area contributed by atoms with E-state index >= 15 is 0 Å². The molecule has 0 radical (unpaired) electrons. The minimum absolute atomic E-state index is 0.922. The molecule has 0 spiro atoms. The first kappa shape index (κ1) is 15.5. The fraction of sp³-hybridized carbons (Fsp3) is 0.182. The fourth-order valence-corrected chi connectivity index (χ4v) is 4.26. The van der Waals surface area contributed by atoms with Gasteiger partial charge in [-0.25, -0.2) is 9.97 Å². The Morgan fingerprint density at radius 3 is 2.75 bits per heavy atom. The summed E-state index contributed by atoms with van der Waals surface area (Å²) in [4.78, 5) is 17.9. The molecule has 0 fully saturated rings. The van der Waals surface area contributed by atoms with Crippen molar-refractivity contribution < 1.29 is 0 Å². The quantitative estimate of drug-likeness (QED) is 0.495. The summed E-state index contributed by atoms with van der Waals surface area (Å²) in [6.07, 6.45) is 6.54. The summed E-state index contributed by atoms with van der Waals surface area (Å²) < 4.78 is 2.38. The third-order valence-electron chi connectivity index (χ3n) is 5.74. The Morgan fingerprint density at radius 1 is 0.893 bits per heavy atom. The molecule has 6 nitrogen and oxygen atoms in total. The molecule has 6 heteroatoms. The fourth-order valence-electron chi connectivity index (χ4n) is 4.26. The van der Waals surface area contributed by atoms with E-state index in [1.165, 1.54) is 27.5 Å². The first-order valence-corrected chi connectivity index (χ1v) is 9.65.